The van der Waals surface area contributed by atoms with Gasteiger partial charge in [0.1, 0.15) is 11.6 Å². The summed E-state index contributed by atoms with van der Waals surface area (Å²) < 4.78 is 7.98. The second-order valence-corrected chi connectivity index (χ2v) is 21.4. The summed E-state index contributed by atoms with van der Waals surface area (Å²) in [4.78, 5) is 26.9. The van der Waals surface area contributed by atoms with Crippen molar-refractivity contribution in [1.29, 1.82) is 0 Å². The van der Waals surface area contributed by atoms with Gasteiger partial charge >= 0.3 is 0 Å². The molecule has 4 aliphatic rings. The predicted octanol–water partition coefficient (Wildman–Crippen LogP) is 9.19. The number of halogens is 1. The van der Waals surface area contributed by atoms with E-state index >= 15 is 0 Å². The van der Waals surface area contributed by atoms with Crippen LogP contribution in [-0.2, 0) is 14.0 Å². The van der Waals surface area contributed by atoms with Crippen LogP contribution in [0.25, 0.3) is 0 Å². The smallest absolute Gasteiger partial charge is 0.192 e. The number of Topliss-reactive ketones (excluding diaryl/α,β-unsaturated/α-hetero) is 2. The molecule has 0 aromatic carbocycles. The van der Waals surface area contributed by atoms with Crippen LogP contribution in [0.15, 0.2) is 11.6 Å². The molecule has 5 heteroatoms. The average Bonchev–Trinajstić information content (AvgIpc) is 3.11. The highest BCUT2D eigenvalue weighted by atomic mass is 127. The Morgan fingerprint density at radius 2 is 1.82 bits per heavy atom. The van der Waals surface area contributed by atoms with Crippen LogP contribution in [0.4, 0.5) is 0 Å². The molecule has 0 radical (unpaired) electrons. The van der Waals surface area contributed by atoms with Gasteiger partial charge in [-0.05, 0) is 97.6 Å². The zero-order valence-corrected chi connectivity index (χ0v) is 29.0. The van der Waals surface area contributed by atoms with E-state index in [1.54, 1.807) is 5.57 Å². The molecule has 3 fully saturated rings. The number of carbonyl (C=O) groups is 2. The molecule has 0 saturated heterocycles. The SMILES string of the molecule is C[C@@H](CI)CCC(=O)[C@@H](C)[C@H]1C(=O)C[C@H]2[C@@H]3CC=C4C[C@@H](O[Si](C)(C)C(C)(C)C)CC[C@]4(C)[C@H]3CC[C@]12C. The molecule has 0 aromatic rings. The van der Waals surface area contributed by atoms with E-state index in [-0.39, 0.29) is 27.7 Å². The Hall–Kier alpha value is -0.0131. The molecule has 3 nitrogen and oxygen atoms in total. The van der Waals surface area contributed by atoms with E-state index in [1.165, 1.54) is 12.8 Å². The van der Waals surface area contributed by atoms with Crippen molar-refractivity contribution in [3.8, 4) is 0 Å². The Balaban J connectivity index is 1.50. The molecule has 0 aliphatic heterocycles. The first-order valence-electron chi connectivity index (χ1n) is 15.5. The Morgan fingerprint density at radius 1 is 1.13 bits per heavy atom. The van der Waals surface area contributed by atoms with Crippen molar-refractivity contribution in [3.63, 3.8) is 0 Å². The fourth-order valence-corrected chi connectivity index (χ4v) is 10.7. The molecule has 9 atom stereocenters. The normalized spacial score (nSPS) is 39.1. The summed E-state index contributed by atoms with van der Waals surface area (Å²) in [5, 5.41) is 0.242. The summed E-state index contributed by atoms with van der Waals surface area (Å²) in [6, 6.07) is 0. The van der Waals surface area contributed by atoms with Crippen LogP contribution in [0, 0.1) is 46.3 Å². The maximum atomic E-state index is 13.6. The van der Waals surface area contributed by atoms with Gasteiger partial charge in [0.2, 0.25) is 0 Å². The van der Waals surface area contributed by atoms with Crippen molar-refractivity contribution in [2.24, 2.45) is 46.3 Å². The number of hydrogen-bond acceptors (Lipinski definition) is 3. The van der Waals surface area contributed by atoms with Gasteiger partial charge in [0.25, 0.3) is 0 Å². The van der Waals surface area contributed by atoms with Gasteiger partial charge in [0, 0.05) is 35.2 Å². The molecule has 0 aromatic heterocycles. The Bertz CT molecular complexity index is 950. The van der Waals surface area contributed by atoms with E-state index in [9.17, 15) is 9.59 Å². The van der Waals surface area contributed by atoms with Gasteiger partial charge in [-0.1, -0.05) is 82.7 Å². The lowest BCUT2D eigenvalue weighted by Gasteiger charge is -2.58. The van der Waals surface area contributed by atoms with Crippen molar-refractivity contribution in [3.05, 3.63) is 11.6 Å². The maximum absolute atomic E-state index is 13.6. The molecule has 3 saturated carbocycles. The highest BCUT2D eigenvalue weighted by Crippen LogP contribution is 2.66. The predicted molar refractivity (Wildman–Crippen MR) is 169 cm³/mol. The van der Waals surface area contributed by atoms with E-state index in [2.05, 4.69) is 90.2 Å². The number of ketones is 2. The first kappa shape index (κ1) is 30.9. The molecule has 0 N–H and O–H groups in total. The monoisotopic (exact) mass is 654 g/mol. The van der Waals surface area contributed by atoms with Gasteiger partial charge in [-0.25, -0.2) is 0 Å². The van der Waals surface area contributed by atoms with Crippen LogP contribution in [0.5, 0.6) is 0 Å². The van der Waals surface area contributed by atoms with Gasteiger partial charge in [0.05, 0.1) is 0 Å². The lowest BCUT2D eigenvalue weighted by Crippen LogP contribution is -2.52. The van der Waals surface area contributed by atoms with Crippen LogP contribution < -0.4 is 0 Å². The van der Waals surface area contributed by atoms with Crippen LogP contribution >= 0.6 is 22.6 Å². The van der Waals surface area contributed by atoms with Crippen LogP contribution in [0.3, 0.4) is 0 Å². The highest BCUT2D eigenvalue weighted by Gasteiger charge is 2.62. The molecule has 216 valence electrons. The number of hydrogen-bond donors (Lipinski definition) is 0. The fourth-order valence-electron chi connectivity index (χ4n) is 8.88. The quantitative estimate of drug-likeness (QED) is 0.113. The number of rotatable bonds is 8. The minimum Gasteiger partial charge on any atom is -0.414 e. The Morgan fingerprint density at radius 3 is 2.45 bits per heavy atom. The Kier molecular flexibility index (Phi) is 8.96. The maximum Gasteiger partial charge on any atom is 0.192 e. The first-order chi connectivity index (χ1) is 17.5. The minimum atomic E-state index is -1.78. The van der Waals surface area contributed by atoms with Gasteiger partial charge in [-0.2, -0.15) is 0 Å². The summed E-state index contributed by atoms with van der Waals surface area (Å²) in [6.07, 6.45) is 12.1. The molecule has 38 heavy (non-hydrogen) atoms. The fraction of sp³-hybridized carbons (Fsp3) is 0.879. The van der Waals surface area contributed by atoms with Crippen LogP contribution in [0.1, 0.15) is 106 Å². The van der Waals surface area contributed by atoms with Gasteiger partial charge in [0.15, 0.2) is 8.32 Å². The van der Waals surface area contributed by atoms with Crippen molar-refractivity contribution < 1.29 is 14.0 Å². The third kappa shape index (κ3) is 5.44. The summed E-state index contributed by atoms with van der Waals surface area (Å²) >= 11 is 2.41. The van der Waals surface area contributed by atoms with Gasteiger partial charge in [-0.15, -0.1) is 0 Å². The molecule has 0 heterocycles. The number of allylic oxidation sites excluding steroid dienone is 1. The topological polar surface area (TPSA) is 43.4 Å². The summed E-state index contributed by atoms with van der Waals surface area (Å²) in [5.41, 5.74) is 1.87. The lowest BCUT2D eigenvalue weighted by molar-refractivity contribution is -0.134. The van der Waals surface area contributed by atoms with Gasteiger partial charge < -0.3 is 4.43 Å². The largest absolute Gasteiger partial charge is 0.414 e. The number of carbonyl (C=O) groups excluding carboxylic acids is 2. The van der Waals surface area contributed by atoms with E-state index in [4.69, 9.17) is 4.43 Å². The molecular formula is C33H55IO3Si. The highest BCUT2D eigenvalue weighted by molar-refractivity contribution is 14.1. The third-order valence-corrected chi connectivity index (χ3v) is 18.4. The molecule has 0 amide bonds. The Labute approximate surface area is 248 Å². The molecule has 4 rings (SSSR count). The lowest BCUT2D eigenvalue weighted by atomic mass is 9.47. The average molecular weight is 655 g/mol. The third-order valence-electron chi connectivity index (χ3n) is 12.4. The molecule has 0 spiro atoms. The molecule has 0 unspecified atom stereocenters. The van der Waals surface area contributed by atoms with E-state index < -0.39 is 8.32 Å². The number of alkyl halides is 1. The van der Waals surface area contributed by atoms with Crippen molar-refractivity contribution in [2.45, 2.75) is 130 Å². The van der Waals surface area contributed by atoms with Crippen LogP contribution in [-0.4, -0.2) is 30.4 Å². The summed E-state index contributed by atoms with van der Waals surface area (Å²) in [6.45, 7) is 21.0. The zero-order valence-electron chi connectivity index (χ0n) is 25.8. The second kappa shape index (κ2) is 11.0. The minimum absolute atomic E-state index is 0.0213. The number of fused-ring (bicyclic) bond motifs is 5. The van der Waals surface area contributed by atoms with E-state index in [0.717, 1.165) is 36.5 Å². The summed E-state index contributed by atoms with van der Waals surface area (Å²) in [5.74, 6) is 2.72. The summed E-state index contributed by atoms with van der Waals surface area (Å²) in [7, 11) is -1.78. The van der Waals surface area contributed by atoms with E-state index in [0.29, 0.717) is 54.2 Å². The molecule has 4 aliphatic carbocycles. The van der Waals surface area contributed by atoms with E-state index in [1.807, 2.05) is 0 Å². The van der Waals surface area contributed by atoms with Crippen molar-refractivity contribution in [2.75, 3.05) is 4.43 Å². The van der Waals surface area contributed by atoms with Gasteiger partial charge in [-0.3, -0.25) is 9.59 Å². The molecular weight excluding hydrogens is 599 g/mol. The second-order valence-electron chi connectivity index (χ2n) is 15.7. The first-order valence-corrected chi connectivity index (χ1v) is 20.0. The molecule has 0 bridgehead atoms. The zero-order chi connectivity index (χ0) is 28.3. The van der Waals surface area contributed by atoms with Crippen LogP contribution in [0.2, 0.25) is 18.1 Å². The van der Waals surface area contributed by atoms with Crippen molar-refractivity contribution >= 4 is 42.5 Å². The van der Waals surface area contributed by atoms with Crippen molar-refractivity contribution in [1.82, 2.24) is 0 Å². The standard InChI is InChI=1S/C33H55IO3Si/c1-21(20-34)10-13-28(35)22(2)30-29(36)19-27-25-12-11-23-18-24(37-38(8,9)31(3,4)5)14-16-32(23,6)26(25)15-17-33(27,30)7/h11,21-22,24-27,30H,10,12-20H2,1-9H3/t21-,22-,24+,25-,26+,27+,30+,32+,33+/m1/s1.